The molecule has 0 fully saturated rings. The van der Waals surface area contributed by atoms with Crippen LogP contribution in [0.3, 0.4) is 0 Å². The lowest BCUT2D eigenvalue weighted by atomic mass is 10.2. The lowest BCUT2D eigenvalue weighted by Gasteiger charge is -2.19. The van der Waals surface area contributed by atoms with E-state index in [0.29, 0.717) is 18.7 Å². The molecule has 0 aromatic heterocycles. The van der Waals surface area contributed by atoms with Gasteiger partial charge in [-0.1, -0.05) is 0 Å². The molecule has 0 spiro atoms. The van der Waals surface area contributed by atoms with Crippen LogP contribution in [0.15, 0.2) is 0 Å². The molecule has 0 aliphatic carbocycles. The smallest absolute Gasteiger partial charge is 0.320 e. The van der Waals surface area contributed by atoms with Crippen molar-refractivity contribution in [3.63, 3.8) is 0 Å². The van der Waals surface area contributed by atoms with Crippen LogP contribution < -0.4 is 5.32 Å². The summed E-state index contributed by atoms with van der Waals surface area (Å²) in [5.41, 5.74) is 0. The average molecular weight is 281 g/mol. The molecule has 0 aromatic rings. The summed E-state index contributed by atoms with van der Waals surface area (Å²) >= 11 is 0. The Morgan fingerprint density at radius 1 is 1.06 bits per heavy atom. The molecule has 0 saturated carbocycles. The van der Waals surface area contributed by atoms with Crippen LogP contribution in [-0.2, 0) is 10.8 Å². The maximum Gasteiger partial charge on any atom is 0.453 e. The Kier molecular flexibility index (Phi) is 7.15. The molecule has 0 heterocycles. The van der Waals surface area contributed by atoms with Gasteiger partial charge in [-0.2, -0.15) is 22.0 Å². The molecular formula is C9H16F5NOS. The monoisotopic (exact) mass is 281 g/mol. The Morgan fingerprint density at radius 3 is 2.06 bits per heavy atom. The van der Waals surface area contributed by atoms with Crippen molar-refractivity contribution in [1.29, 1.82) is 0 Å². The number of rotatable bonds is 8. The summed E-state index contributed by atoms with van der Waals surface area (Å²) in [6.45, 7) is 0.643. The molecule has 2 nitrogen and oxygen atoms in total. The molecule has 8 heteroatoms. The molecule has 0 aliphatic heterocycles. The topological polar surface area (TPSA) is 29.1 Å². The Labute approximate surface area is 99.4 Å². The number of halogens is 5. The number of hydrogen-bond acceptors (Lipinski definition) is 2. The van der Waals surface area contributed by atoms with E-state index in [2.05, 4.69) is 5.32 Å². The Balaban J connectivity index is 3.80. The highest BCUT2D eigenvalue weighted by Gasteiger charge is 2.56. The first-order chi connectivity index (χ1) is 7.70. The molecule has 0 aromatic carbocycles. The summed E-state index contributed by atoms with van der Waals surface area (Å²) in [6, 6.07) is 0. The van der Waals surface area contributed by atoms with Crippen molar-refractivity contribution in [3.05, 3.63) is 0 Å². The second-order valence-electron chi connectivity index (χ2n) is 3.61. The van der Waals surface area contributed by atoms with E-state index >= 15 is 0 Å². The Bertz CT molecular complexity index is 244. The molecular weight excluding hydrogens is 265 g/mol. The highest BCUT2D eigenvalue weighted by atomic mass is 32.2. The quantitative estimate of drug-likeness (QED) is 0.546. The minimum atomic E-state index is -5.51. The highest BCUT2D eigenvalue weighted by molar-refractivity contribution is 7.84. The van der Waals surface area contributed by atoms with Crippen molar-refractivity contribution in [3.8, 4) is 0 Å². The van der Waals surface area contributed by atoms with E-state index in [4.69, 9.17) is 0 Å². The van der Waals surface area contributed by atoms with E-state index in [1.54, 1.807) is 7.05 Å². The molecule has 0 bridgehead atoms. The molecule has 0 amide bonds. The van der Waals surface area contributed by atoms with Crippen LogP contribution >= 0.6 is 0 Å². The van der Waals surface area contributed by atoms with Gasteiger partial charge < -0.3 is 5.32 Å². The molecule has 0 saturated heterocycles. The fourth-order valence-corrected chi connectivity index (χ4v) is 2.25. The molecule has 1 N–H and O–H groups in total. The largest absolute Gasteiger partial charge is 0.453 e. The highest BCUT2D eigenvalue weighted by Crippen LogP contribution is 2.38. The molecule has 17 heavy (non-hydrogen) atoms. The first kappa shape index (κ1) is 16.8. The second kappa shape index (κ2) is 7.25. The molecule has 1 atom stereocenters. The van der Waals surface area contributed by atoms with Crippen molar-refractivity contribution in [2.45, 2.75) is 31.4 Å². The number of alkyl halides is 5. The zero-order valence-corrected chi connectivity index (χ0v) is 10.3. The Hall–Kier alpha value is -0.240. The fraction of sp³-hybridized carbons (Fsp3) is 1.00. The molecule has 104 valence electrons. The zero-order chi connectivity index (χ0) is 13.5. The van der Waals surface area contributed by atoms with Crippen LogP contribution in [0.2, 0.25) is 0 Å². The normalized spacial score (nSPS) is 14.9. The van der Waals surface area contributed by atoms with Gasteiger partial charge in [0, 0.05) is 28.7 Å². The zero-order valence-electron chi connectivity index (χ0n) is 9.45. The predicted octanol–water partition coefficient (Wildman–Crippen LogP) is 2.32. The van der Waals surface area contributed by atoms with Crippen LogP contribution in [0.25, 0.3) is 0 Å². The summed E-state index contributed by atoms with van der Waals surface area (Å²) < 4.78 is 71.4. The van der Waals surface area contributed by atoms with Crippen LogP contribution in [0, 0.1) is 0 Å². The van der Waals surface area contributed by atoms with E-state index in [0.717, 1.165) is 0 Å². The van der Waals surface area contributed by atoms with Gasteiger partial charge in [-0.3, -0.25) is 4.21 Å². The van der Waals surface area contributed by atoms with Gasteiger partial charge in [0.25, 0.3) is 0 Å². The summed E-state index contributed by atoms with van der Waals surface area (Å²) in [6.07, 6.45) is -6.59. The average Bonchev–Trinajstić information content (AvgIpc) is 2.16. The summed E-state index contributed by atoms with van der Waals surface area (Å²) in [7, 11) is 0.391. The maximum atomic E-state index is 12.5. The van der Waals surface area contributed by atoms with E-state index in [1.807, 2.05) is 0 Å². The van der Waals surface area contributed by atoms with Crippen molar-refractivity contribution in [2.24, 2.45) is 0 Å². The molecule has 0 radical (unpaired) electrons. The van der Waals surface area contributed by atoms with Crippen molar-refractivity contribution in [1.82, 2.24) is 5.32 Å². The maximum absolute atomic E-state index is 12.5. The summed E-state index contributed by atoms with van der Waals surface area (Å²) in [4.78, 5) is 0. The van der Waals surface area contributed by atoms with Gasteiger partial charge in [0.15, 0.2) is 0 Å². The fourth-order valence-electron chi connectivity index (χ4n) is 1.11. The molecule has 0 unspecified atom stereocenters. The van der Waals surface area contributed by atoms with Crippen molar-refractivity contribution < 1.29 is 26.2 Å². The molecule has 0 rings (SSSR count). The van der Waals surface area contributed by atoms with Gasteiger partial charge in [0.1, 0.15) is 0 Å². The van der Waals surface area contributed by atoms with Crippen molar-refractivity contribution >= 4 is 10.8 Å². The van der Waals surface area contributed by atoms with E-state index in [9.17, 15) is 26.2 Å². The SMILES string of the molecule is CNCCC[S@@](=O)CCCC(F)(F)C(F)(F)F. The van der Waals surface area contributed by atoms with Crippen molar-refractivity contribution in [2.75, 3.05) is 25.1 Å². The van der Waals surface area contributed by atoms with Crippen LogP contribution in [-0.4, -0.2) is 41.4 Å². The van der Waals surface area contributed by atoms with Crippen LogP contribution in [0.5, 0.6) is 0 Å². The third-order valence-corrected chi connectivity index (χ3v) is 3.56. The minimum Gasteiger partial charge on any atom is -0.320 e. The minimum absolute atomic E-state index is 0.116. The van der Waals surface area contributed by atoms with Gasteiger partial charge in [-0.15, -0.1) is 0 Å². The van der Waals surface area contributed by atoms with Gasteiger partial charge in [-0.25, -0.2) is 0 Å². The van der Waals surface area contributed by atoms with Crippen LogP contribution in [0.1, 0.15) is 19.3 Å². The summed E-state index contributed by atoms with van der Waals surface area (Å²) in [5.74, 6) is -4.48. The van der Waals surface area contributed by atoms with Gasteiger partial charge in [-0.05, 0) is 26.4 Å². The van der Waals surface area contributed by atoms with Gasteiger partial charge >= 0.3 is 12.1 Å². The van der Waals surface area contributed by atoms with E-state index in [-0.39, 0.29) is 5.75 Å². The first-order valence-corrected chi connectivity index (χ1v) is 6.63. The number of nitrogens with one attached hydrogen (secondary N) is 1. The van der Waals surface area contributed by atoms with E-state index < -0.39 is 35.7 Å². The second-order valence-corrected chi connectivity index (χ2v) is 5.31. The summed E-state index contributed by atoms with van der Waals surface area (Å²) in [5, 5.41) is 2.82. The number of hydrogen-bond donors (Lipinski definition) is 1. The Morgan fingerprint density at radius 2 is 1.59 bits per heavy atom. The van der Waals surface area contributed by atoms with Gasteiger partial charge in [0.05, 0.1) is 0 Å². The van der Waals surface area contributed by atoms with E-state index in [1.165, 1.54) is 0 Å². The first-order valence-electron chi connectivity index (χ1n) is 5.15. The lowest BCUT2D eigenvalue weighted by molar-refractivity contribution is -0.284. The van der Waals surface area contributed by atoms with Gasteiger partial charge in [0.2, 0.25) is 0 Å². The third-order valence-electron chi connectivity index (χ3n) is 2.08. The van der Waals surface area contributed by atoms with Crippen LogP contribution in [0.4, 0.5) is 22.0 Å². The lowest BCUT2D eigenvalue weighted by Crippen LogP contribution is -2.36. The standard InChI is InChI=1S/C9H16F5NOS/c1-15-5-3-7-17(16)6-2-4-8(10,11)9(12,13)14/h15H,2-7H2,1H3/t17-/m0/s1. The third kappa shape index (κ3) is 6.92. The molecule has 0 aliphatic rings. The predicted molar refractivity (Wildman–Crippen MR) is 56.7 cm³/mol.